The maximum atomic E-state index is 12.9. The first-order valence-electron chi connectivity index (χ1n) is 4.21. The summed E-state index contributed by atoms with van der Waals surface area (Å²) >= 11 is 0. The standard InChI is InChI=1S/C10H10F4/c1-7-8(3-2-4-9(7)11)5-6-10(12,13)14/h2-4H,5-6H2,1H3. The van der Waals surface area contributed by atoms with Crippen LogP contribution in [0.1, 0.15) is 17.5 Å². The normalized spacial score (nSPS) is 11.8. The van der Waals surface area contributed by atoms with Gasteiger partial charge >= 0.3 is 6.18 Å². The van der Waals surface area contributed by atoms with Gasteiger partial charge in [-0.05, 0) is 30.5 Å². The van der Waals surface area contributed by atoms with Crippen molar-refractivity contribution in [2.45, 2.75) is 25.9 Å². The van der Waals surface area contributed by atoms with E-state index in [1.165, 1.54) is 25.1 Å². The maximum absolute atomic E-state index is 12.9. The molecule has 0 fully saturated rings. The smallest absolute Gasteiger partial charge is 0.207 e. The SMILES string of the molecule is Cc1c(F)cccc1CCC(F)(F)F. The minimum atomic E-state index is -4.18. The summed E-state index contributed by atoms with van der Waals surface area (Å²) < 4.78 is 48.6. The molecule has 0 spiro atoms. The number of hydrogen-bond donors (Lipinski definition) is 0. The highest BCUT2D eigenvalue weighted by Crippen LogP contribution is 2.23. The molecule has 0 saturated heterocycles. The van der Waals surface area contributed by atoms with Gasteiger partial charge in [-0.25, -0.2) is 4.39 Å². The molecular formula is C10H10F4. The fourth-order valence-electron chi connectivity index (χ4n) is 1.20. The second kappa shape index (κ2) is 3.98. The molecule has 1 aromatic carbocycles. The van der Waals surface area contributed by atoms with Crippen LogP contribution in [0.2, 0.25) is 0 Å². The van der Waals surface area contributed by atoms with Crippen LogP contribution in [-0.2, 0) is 6.42 Å². The van der Waals surface area contributed by atoms with E-state index in [1.807, 2.05) is 0 Å². The summed E-state index contributed by atoms with van der Waals surface area (Å²) in [6.07, 6.45) is -5.25. The van der Waals surface area contributed by atoms with Crippen LogP contribution in [0.25, 0.3) is 0 Å². The molecule has 1 rings (SSSR count). The first-order chi connectivity index (χ1) is 6.40. The molecular weight excluding hydrogens is 196 g/mol. The van der Waals surface area contributed by atoms with E-state index in [0.717, 1.165) is 0 Å². The Kier molecular flexibility index (Phi) is 3.13. The van der Waals surface area contributed by atoms with Crippen LogP contribution in [-0.4, -0.2) is 6.18 Å². The molecule has 0 amide bonds. The minimum absolute atomic E-state index is 0.160. The number of aryl methyl sites for hydroxylation is 1. The molecule has 1 aromatic rings. The third kappa shape index (κ3) is 3.01. The molecule has 4 heteroatoms. The molecule has 0 aliphatic heterocycles. The molecule has 0 N–H and O–H groups in total. The first kappa shape index (κ1) is 11.0. The van der Waals surface area contributed by atoms with Crippen molar-refractivity contribution in [2.24, 2.45) is 0 Å². The Balaban J connectivity index is 2.73. The second-order valence-electron chi connectivity index (χ2n) is 3.14. The van der Waals surface area contributed by atoms with E-state index in [-0.39, 0.29) is 6.42 Å². The molecule has 0 aromatic heterocycles. The van der Waals surface area contributed by atoms with Gasteiger partial charge in [0.1, 0.15) is 5.82 Å². The van der Waals surface area contributed by atoms with Crippen molar-refractivity contribution in [3.8, 4) is 0 Å². The van der Waals surface area contributed by atoms with Gasteiger partial charge in [0, 0.05) is 6.42 Å². The molecule has 0 bridgehead atoms. The third-order valence-corrected chi connectivity index (χ3v) is 2.06. The monoisotopic (exact) mass is 206 g/mol. The summed E-state index contributed by atoms with van der Waals surface area (Å²) in [5, 5.41) is 0. The molecule has 0 radical (unpaired) electrons. The van der Waals surface area contributed by atoms with E-state index < -0.39 is 18.4 Å². The Morgan fingerprint density at radius 3 is 2.43 bits per heavy atom. The van der Waals surface area contributed by atoms with Crippen LogP contribution in [0.5, 0.6) is 0 Å². The second-order valence-corrected chi connectivity index (χ2v) is 3.14. The third-order valence-electron chi connectivity index (χ3n) is 2.06. The number of halogens is 4. The molecule has 0 aliphatic carbocycles. The van der Waals surface area contributed by atoms with E-state index in [0.29, 0.717) is 11.1 Å². The summed E-state index contributed by atoms with van der Waals surface area (Å²) in [6.45, 7) is 1.49. The van der Waals surface area contributed by atoms with Crippen LogP contribution in [0.3, 0.4) is 0 Å². The molecule has 0 heterocycles. The van der Waals surface area contributed by atoms with Gasteiger partial charge in [-0.3, -0.25) is 0 Å². The predicted molar refractivity (Wildman–Crippen MR) is 45.5 cm³/mol. The van der Waals surface area contributed by atoms with Gasteiger partial charge in [0.2, 0.25) is 0 Å². The first-order valence-corrected chi connectivity index (χ1v) is 4.21. The van der Waals surface area contributed by atoms with Crippen LogP contribution in [0.15, 0.2) is 18.2 Å². The largest absolute Gasteiger partial charge is 0.389 e. The predicted octanol–water partition coefficient (Wildman–Crippen LogP) is 3.63. The molecule has 78 valence electrons. The number of rotatable bonds is 2. The van der Waals surface area contributed by atoms with E-state index in [4.69, 9.17) is 0 Å². The highest BCUT2D eigenvalue weighted by atomic mass is 19.4. The van der Waals surface area contributed by atoms with Crippen molar-refractivity contribution >= 4 is 0 Å². The van der Waals surface area contributed by atoms with E-state index >= 15 is 0 Å². The lowest BCUT2D eigenvalue weighted by molar-refractivity contribution is -0.134. The topological polar surface area (TPSA) is 0 Å². The van der Waals surface area contributed by atoms with Crippen molar-refractivity contribution < 1.29 is 17.6 Å². The lowest BCUT2D eigenvalue weighted by Crippen LogP contribution is -2.09. The van der Waals surface area contributed by atoms with Gasteiger partial charge in [-0.1, -0.05) is 12.1 Å². The van der Waals surface area contributed by atoms with Crippen molar-refractivity contribution in [3.63, 3.8) is 0 Å². The van der Waals surface area contributed by atoms with E-state index in [1.54, 1.807) is 0 Å². The number of benzene rings is 1. The van der Waals surface area contributed by atoms with Crippen LogP contribution < -0.4 is 0 Å². The lowest BCUT2D eigenvalue weighted by atomic mass is 10.0. The van der Waals surface area contributed by atoms with Crippen LogP contribution in [0, 0.1) is 12.7 Å². The van der Waals surface area contributed by atoms with Gasteiger partial charge in [-0.2, -0.15) is 13.2 Å². The molecule has 0 saturated carbocycles. The average molecular weight is 206 g/mol. The summed E-state index contributed by atoms with van der Waals surface area (Å²) in [5.74, 6) is -0.454. The summed E-state index contributed by atoms with van der Waals surface area (Å²) in [7, 11) is 0. The summed E-state index contributed by atoms with van der Waals surface area (Å²) in [5.41, 5.74) is 0.721. The molecule has 0 nitrogen and oxygen atoms in total. The molecule has 14 heavy (non-hydrogen) atoms. The highest BCUT2D eigenvalue weighted by Gasteiger charge is 2.26. The summed E-state index contributed by atoms with van der Waals surface area (Å²) in [6, 6.07) is 4.19. The molecule has 0 unspecified atom stereocenters. The Morgan fingerprint density at radius 2 is 1.86 bits per heavy atom. The Labute approximate surface area is 79.6 Å². The van der Waals surface area contributed by atoms with E-state index in [2.05, 4.69) is 0 Å². The van der Waals surface area contributed by atoms with Crippen LogP contribution >= 0.6 is 0 Å². The van der Waals surface area contributed by atoms with Gasteiger partial charge in [0.15, 0.2) is 0 Å². The van der Waals surface area contributed by atoms with Crippen molar-refractivity contribution in [2.75, 3.05) is 0 Å². The molecule has 0 aliphatic rings. The number of hydrogen-bond acceptors (Lipinski definition) is 0. The van der Waals surface area contributed by atoms with Gasteiger partial charge < -0.3 is 0 Å². The van der Waals surface area contributed by atoms with Crippen LogP contribution in [0.4, 0.5) is 17.6 Å². The Hall–Kier alpha value is -1.06. The fraction of sp³-hybridized carbons (Fsp3) is 0.400. The zero-order valence-electron chi connectivity index (χ0n) is 7.66. The van der Waals surface area contributed by atoms with Gasteiger partial charge in [-0.15, -0.1) is 0 Å². The van der Waals surface area contributed by atoms with Crippen molar-refractivity contribution in [3.05, 3.63) is 35.1 Å². The maximum Gasteiger partial charge on any atom is 0.389 e. The zero-order chi connectivity index (χ0) is 10.8. The molecule has 0 atom stereocenters. The highest BCUT2D eigenvalue weighted by molar-refractivity contribution is 5.27. The average Bonchev–Trinajstić information content (AvgIpc) is 2.06. The van der Waals surface area contributed by atoms with E-state index in [9.17, 15) is 17.6 Å². The van der Waals surface area contributed by atoms with Gasteiger partial charge in [0.05, 0.1) is 0 Å². The minimum Gasteiger partial charge on any atom is -0.207 e. The van der Waals surface area contributed by atoms with Crippen molar-refractivity contribution in [1.82, 2.24) is 0 Å². The van der Waals surface area contributed by atoms with Crippen molar-refractivity contribution in [1.29, 1.82) is 0 Å². The fourth-order valence-corrected chi connectivity index (χ4v) is 1.20. The summed E-state index contributed by atoms with van der Waals surface area (Å²) in [4.78, 5) is 0. The zero-order valence-corrected chi connectivity index (χ0v) is 7.66. The number of alkyl halides is 3. The Morgan fingerprint density at radius 1 is 1.21 bits per heavy atom. The quantitative estimate of drug-likeness (QED) is 0.648. The van der Waals surface area contributed by atoms with Gasteiger partial charge in [0.25, 0.3) is 0 Å². The Bertz CT molecular complexity index is 314. The lowest BCUT2D eigenvalue weighted by Gasteiger charge is -2.08.